The van der Waals surface area contributed by atoms with Gasteiger partial charge in [-0.25, -0.2) is 0 Å². The van der Waals surface area contributed by atoms with E-state index in [9.17, 15) is 0 Å². The lowest BCUT2D eigenvalue weighted by Crippen LogP contribution is -2.27. The maximum atomic E-state index is 5.47. The van der Waals surface area contributed by atoms with Gasteiger partial charge in [-0.05, 0) is 19.4 Å². The lowest BCUT2D eigenvalue weighted by atomic mass is 10.4. The van der Waals surface area contributed by atoms with Crippen molar-refractivity contribution < 1.29 is 4.74 Å². The van der Waals surface area contributed by atoms with Crippen LogP contribution >= 0.6 is 0 Å². The summed E-state index contributed by atoms with van der Waals surface area (Å²) in [4.78, 5) is 0. The second-order valence-corrected chi connectivity index (χ2v) is 1.99. The smallest absolute Gasteiger partial charge is 0.106 e. The summed E-state index contributed by atoms with van der Waals surface area (Å²) in [5, 5.41) is 0. The van der Waals surface area contributed by atoms with Crippen LogP contribution < -0.4 is 11.5 Å². The van der Waals surface area contributed by atoms with E-state index in [1.807, 2.05) is 0 Å². The highest BCUT2D eigenvalue weighted by atomic mass is 16.5. The molecule has 0 aromatic carbocycles. The van der Waals surface area contributed by atoms with E-state index in [0.29, 0.717) is 6.54 Å². The fourth-order valence-electron chi connectivity index (χ4n) is 0.517. The number of rotatable bonds is 5. The topological polar surface area (TPSA) is 61.3 Å². The highest BCUT2D eigenvalue weighted by Gasteiger charge is 1.97. The van der Waals surface area contributed by atoms with Crippen LogP contribution in [0.3, 0.4) is 0 Å². The van der Waals surface area contributed by atoms with E-state index in [1.165, 1.54) is 0 Å². The Kier molecular flexibility index (Phi) is 5.93. The first-order chi connectivity index (χ1) is 4.31. The van der Waals surface area contributed by atoms with Crippen molar-refractivity contribution in [3.8, 4) is 0 Å². The normalized spacial score (nSPS) is 13.7. The van der Waals surface area contributed by atoms with Gasteiger partial charge in [-0.3, -0.25) is 0 Å². The third kappa shape index (κ3) is 5.76. The van der Waals surface area contributed by atoms with E-state index < -0.39 is 0 Å². The van der Waals surface area contributed by atoms with Crippen molar-refractivity contribution in [3.63, 3.8) is 0 Å². The second kappa shape index (κ2) is 6.01. The van der Waals surface area contributed by atoms with E-state index in [0.717, 1.165) is 19.4 Å². The van der Waals surface area contributed by atoms with Gasteiger partial charge in [0.25, 0.3) is 0 Å². The molecule has 0 rings (SSSR count). The Bertz CT molecular complexity index is 59.0. The Hall–Kier alpha value is -0.120. The van der Waals surface area contributed by atoms with Crippen molar-refractivity contribution in [3.05, 3.63) is 0 Å². The summed E-state index contributed by atoms with van der Waals surface area (Å²) in [5.74, 6) is 0. The molecule has 0 spiro atoms. The van der Waals surface area contributed by atoms with Crippen molar-refractivity contribution in [1.29, 1.82) is 0 Å². The van der Waals surface area contributed by atoms with Crippen molar-refractivity contribution in [2.75, 3.05) is 13.2 Å². The average Bonchev–Trinajstić information content (AvgIpc) is 1.85. The Balaban J connectivity index is 2.95. The van der Waals surface area contributed by atoms with Crippen LogP contribution in [0.25, 0.3) is 0 Å². The Morgan fingerprint density at radius 2 is 2.22 bits per heavy atom. The number of ether oxygens (including phenoxy) is 1. The molecular weight excluding hydrogens is 116 g/mol. The minimum absolute atomic E-state index is 0.157. The first-order valence-electron chi connectivity index (χ1n) is 3.38. The van der Waals surface area contributed by atoms with Crippen molar-refractivity contribution in [1.82, 2.24) is 0 Å². The van der Waals surface area contributed by atoms with Gasteiger partial charge in [-0.2, -0.15) is 0 Å². The highest BCUT2D eigenvalue weighted by molar-refractivity contribution is 4.47. The van der Waals surface area contributed by atoms with Gasteiger partial charge in [0.05, 0.1) is 0 Å². The summed E-state index contributed by atoms with van der Waals surface area (Å²) in [7, 11) is 0. The Labute approximate surface area is 56.4 Å². The van der Waals surface area contributed by atoms with Crippen LogP contribution in [0.1, 0.15) is 19.8 Å². The van der Waals surface area contributed by atoms with Crippen molar-refractivity contribution in [2.45, 2.75) is 26.0 Å². The molecule has 56 valence electrons. The zero-order valence-corrected chi connectivity index (χ0v) is 5.97. The number of hydrogen-bond donors (Lipinski definition) is 2. The zero-order chi connectivity index (χ0) is 7.11. The summed E-state index contributed by atoms with van der Waals surface area (Å²) in [6.45, 7) is 3.39. The summed E-state index contributed by atoms with van der Waals surface area (Å²) in [6, 6.07) is 0. The fraction of sp³-hybridized carbons (Fsp3) is 1.00. The highest BCUT2D eigenvalue weighted by Crippen LogP contribution is 1.89. The number of hydrogen-bond acceptors (Lipinski definition) is 3. The predicted octanol–water partition coefficient (Wildman–Crippen LogP) is 0.0466. The molecule has 3 nitrogen and oxygen atoms in total. The molecule has 0 aromatic rings. The largest absolute Gasteiger partial charge is 0.364 e. The van der Waals surface area contributed by atoms with Gasteiger partial charge >= 0.3 is 0 Å². The molecule has 0 aromatic heterocycles. The molecule has 0 aliphatic rings. The first-order valence-corrected chi connectivity index (χ1v) is 3.38. The van der Waals surface area contributed by atoms with Gasteiger partial charge in [0, 0.05) is 6.61 Å². The molecule has 0 fully saturated rings. The third-order valence-electron chi connectivity index (χ3n) is 0.987. The van der Waals surface area contributed by atoms with Crippen LogP contribution in [-0.2, 0) is 4.74 Å². The van der Waals surface area contributed by atoms with Crippen LogP contribution in [0.15, 0.2) is 0 Å². The molecule has 0 radical (unpaired) electrons. The molecule has 0 saturated carbocycles. The van der Waals surface area contributed by atoms with Crippen LogP contribution in [0, 0.1) is 0 Å². The fourth-order valence-corrected chi connectivity index (χ4v) is 0.517. The molecule has 0 aliphatic heterocycles. The predicted molar refractivity (Wildman–Crippen MR) is 37.9 cm³/mol. The van der Waals surface area contributed by atoms with Gasteiger partial charge in [-0.1, -0.05) is 6.92 Å². The molecule has 0 saturated heterocycles. The van der Waals surface area contributed by atoms with E-state index in [4.69, 9.17) is 16.2 Å². The molecule has 0 amide bonds. The number of nitrogens with two attached hydrogens (primary N) is 2. The van der Waals surface area contributed by atoms with E-state index in [2.05, 4.69) is 6.92 Å². The zero-order valence-electron chi connectivity index (χ0n) is 5.97. The minimum atomic E-state index is -0.157. The van der Waals surface area contributed by atoms with Crippen LogP contribution in [0.2, 0.25) is 0 Å². The van der Waals surface area contributed by atoms with E-state index in [1.54, 1.807) is 0 Å². The third-order valence-corrected chi connectivity index (χ3v) is 0.987. The molecular formula is C6H16N2O. The van der Waals surface area contributed by atoms with Gasteiger partial charge < -0.3 is 16.2 Å². The van der Waals surface area contributed by atoms with E-state index in [-0.39, 0.29) is 6.23 Å². The summed E-state index contributed by atoms with van der Waals surface area (Å²) < 4.78 is 5.13. The standard InChI is InChI=1S/C6H16N2O/c1-2-5-9-6(8)3-4-7/h6H,2-5,7-8H2,1H3. The lowest BCUT2D eigenvalue weighted by molar-refractivity contribution is 0.0541. The monoisotopic (exact) mass is 132 g/mol. The van der Waals surface area contributed by atoms with E-state index >= 15 is 0 Å². The van der Waals surface area contributed by atoms with Gasteiger partial charge in [0.15, 0.2) is 0 Å². The molecule has 1 atom stereocenters. The summed E-state index contributed by atoms with van der Waals surface area (Å²) in [5.41, 5.74) is 10.7. The molecule has 0 aliphatic carbocycles. The quantitative estimate of drug-likeness (QED) is 0.519. The molecule has 9 heavy (non-hydrogen) atoms. The van der Waals surface area contributed by atoms with Crippen LogP contribution in [0.4, 0.5) is 0 Å². The van der Waals surface area contributed by atoms with Crippen LogP contribution in [0.5, 0.6) is 0 Å². The van der Waals surface area contributed by atoms with Crippen molar-refractivity contribution in [2.24, 2.45) is 11.5 Å². The SMILES string of the molecule is CCCOC(N)CCN. The molecule has 0 bridgehead atoms. The maximum Gasteiger partial charge on any atom is 0.106 e. The summed E-state index contributed by atoms with van der Waals surface area (Å²) in [6.07, 6.45) is 1.60. The molecule has 1 unspecified atom stereocenters. The molecule has 3 heteroatoms. The molecule has 4 N–H and O–H groups in total. The van der Waals surface area contributed by atoms with Gasteiger partial charge in [0.1, 0.15) is 6.23 Å². The summed E-state index contributed by atoms with van der Waals surface area (Å²) >= 11 is 0. The van der Waals surface area contributed by atoms with Gasteiger partial charge in [0.2, 0.25) is 0 Å². The van der Waals surface area contributed by atoms with Crippen molar-refractivity contribution >= 4 is 0 Å². The average molecular weight is 132 g/mol. The Morgan fingerprint density at radius 3 is 2.67 bits per heavy atom. The van der Waals surface area contributed by atoms with Gasteiger partial charge in [-0.15, -0.1) is 0 Å². The molecule has 0 heterocycles. The maximum absolute atomic E-state index is 5.47. The minimum Gasteiger partial charge on any atom is -0.364 e. The Morgan fingerprint density at radius 1 is 1.56 bits per heavy atom. The van der Waals surface area contributed by atoms with Crippen LogP contribution in [-0.4, -0.2) is 19.4 Å². The lowest BCUT2D eigenvalue weighted by Gasteiger charge is -2.09. The first kappa shape index (κ1) is 8.88. The second-order valence-electron chi connectivity index (χ2n) is 1.99.